The number of aliphatic hydroxyl groups is 1. The van der Waals surface area contributed by atoms with Crippen LogP contribution in [-0.2, 0) is 6.54 Å². The van der Waals surface area contributed by atoms with Crippen LogP contribution in [0.25, 0.3) is 0 Å². The number of unbranched alkanes of at least 4 members (excludes halogenated alkanes) is 1. The predicted octanol–water partition coefficient (Wildman–Crippen LogP) is 1.47. The van der Waals surface area contributed by atoms with Gasteiger partial charge in [0.1, 0.15) is 0 Å². The summed E-state index contributed by atoms with van der Waals surface area (Å²) in [5.74, 6) is 5.44. The van der Waals surface area contributed by atoms with E-state index in [1.165, 1.54) is 12.1 Å². The van der Waals surface area contributed by atoms with Gasteiger partial charge in [-0.15, -0.1) is 0 Å². The van der Waals surface area contributed by atoms with Crippen molar-refractivity contribution in [3.05, 3.63) is 33.9 Å². The smallest absolute Gasteiger partial charge is 0.269 e. The molecule has 20 heavy (non-hydrogen) atoms. The first kappa shape index (κ1) is 16.4. The number of nitrogen functional groups attached to an aromatic ring is 1. The Morgan fingerprint density at radius 3 is 2.75 bits per heavy atom. The molecule has 0 saturated carbocycles. The zero-order chi connectivity index (χ0) is 15.0. The van der Waals surface area contributed by atoms with Gasteiger partial charge in [-0.25, -0.2) is 0 Å². The predicted molar refractivity (Wildman–Crippen MR) is 78.2 cm³/mol. The summed E-state index contributed by atoms with van der Waals surface area (Å²) in [6.45, 7) is 4.04. The van der Waals surface area contributed by atoms with Gasteiger partial charge in [0.2, 0.25) is 0 Å². The number of nitro benzene ring substituents is 1. The van der Waals surface area contributed by atoms with E-state index in [9.17, 15) is 10.1 Å². The summed E-state index contributed by atoms with van der Waals surface area (Å²) in [4.78, 5) is 12.5. The number of hydrogen-bond acceptors (Lipinski definition) is 6. The molecule has 0 fully saturated rings. The molecular formula is C13H22N4O3. The number of anilines is 1. The quantitative estimate of drug-likeness (QED) is 0.360. The summed E-state index contributed by atoms with van der Waals surface area (Å²) >= 11 is 0. The zero-order valence-electron chi connectivity index (χ0n) is 11.7. The lowest BCUT2D eigenvalue weighted by Gasteiger charge is -2.22. The number of nitrogens with one attached hydrogen (secondary N) is 1. The van der Waals surface area contributed by atoms with E-state index in [-0.39, 0.29) is 12.3 Å². The third kappa shape index (κ3) is 4.76. The van der Waals surface area contributed by atoms with Gasteiger partial charge in [0, 0.05) is 25.2 Å². The van der Waals surface area contributed by atoms with E-state index in [1.54, 1.807) is 6.07 Å². The Labute approximate surface area is 118 Å². The van der Waals surface area contributed by atoms with Gasteiger partial charge in [0.05, 0.1) is 17.2 Å². The Hall–Kier alpha value is -1.70. The molecule has 0 spiro atoms. The number of hydrogen-bond donors (Lipinski definition) is 3. The van der Waals surface area contributed by atoms with E-state index in [2.05, 4.69) is 17.2 Å². The van der Waals surface area contributed by atoms with Crippen LogP contribution >= 0.6 is 0 Å². The lowest BCUT2D eigenvalue weighted by atomic mass is 10.1. The van der Waals surface area contributed by atoms with Crippen LogP contribution in [0.1, 0.15) is 25.3 Å². The summed E-state index contributed by atoms with van der Waals surface area (Å²) in [5, 5.41) is 19.9. The molecule has 0 unspecified atom stereocenters. The molecule has 0 radical (unpaired) electrons. The highest BCUT2D eigenvalue weighted by atomic mass is 16.6. The molecule has 0 aliphatic rings. The van der Waals surface area contributed by atoms with Gasteiger partial charge >= 0.3 is 0 Å². The Morgan fingerprint density at radius 2 is 2.20 bits per heavy atom. The Kier molecular flexibility index (Phi) is 6.92. The van der Waals surface area contributed by atoms with E-state index in [1.807, 2.05) is 0 Å². The molecule has 1 aromatic rings. The van der Waals surface area contributed by atoms with Crippen molar-refractivity contribution in [2.45, 2.75) is 26.3 Å². The van der Waals surface area contributed by atoms with Crippen LogP contribution in [0.2, 0.25) is 0 Å². The van der Waals surface area contributed by atoms with Crippen LogP contribution in [0.15, 0.2) is 18.2 Å². The molecule has 0 aliphatic carbocycles. The van der Waals surface area contributed by atoms with Gasteiger partial charge in [0.15, 0.2) is 0 Å². The second-order valence-corrected chi connectivity index (χ2v) is 4.60. The van der Waals surface area contributed by atoms with Crippen molar-refractivity contribution in [2.24, 2.45) is 5.84 Å². The molecule has 0 atom stereocenters. The fourth-order valence-electron chi connectivity index (χ4n) is 2.00. The molecule has 1 rings (SSSR count). The first-order valence-corrected chi connectivity index (χ1v) is 6.69. The number of aliphatic hydroxyl groups excluding tert-OH is 1. The van der Waals surface area contributed by atoms with Crippen molar-refractivity contribution in [3.63, 3.8) is 0 Å². The standard InChI is InChI=1S/C13H22N4O3/c1-2-3-6-16(7-8-18)10-11-9-12(17(19)20)4-5-13(11)15-14/h4-5,9,15,18H,2-3,6-8,10,14H2,1H3. The number of hydrazine groups is 1. The van der Waals surface area contributed by atoms with Crippen LogP contribution in [0, 0.1) is 10.1 Å². The summed E-state index contributed by atoms with van der Waals surface area (Å²) < 4.78 is 0. The summed E-state index contributed by atoms with van der Waals surface area (Å²) in [5.41, 5.74) is 4.01. The highest BCUT2D eigenvalue weighted by Crippen LogP contribution is 2.23. The molecule has 1 aromatic carbocycles. The molecule has 4 N–H and O–H groups in total. The van der Waals surface area contributed by atoms with Gasteiger partial charge in [-0.05, 0) is 24.6 Å². The fourth-order valence-corrected chi connectivity index (χ4v) is 2.00. The minimum absolute atomic E-state index is 0.0402. The van der Waals surface area contributed by atoms with Gasteiger partial charge in [0.25, 0.3) is 5.69 Å². The van der Waals surface area contributed by atoms with Gasteiger partial charge in [-0.3, -0.25) is 20.9 Å². The number of nitro groups is 1. The second kappa shape index (κ2) is 8.47. The Balaban J connectivity index is 2.90. The zero-order valence-corrected chi connectivity index (χ0v) is 11.7. The summed E-state index contributed by atoms with van der Waals surface area (Å²) in [6, 6.07) is 4.54. The highest BCUT2D eigenvalue weighted by Gasteiger charge is 2.13. The second-order valence-electron chi connectivity index (χ2n) is 4.60. The minimum Gasteiger partial charge on any atom is -0.395 e. The topological polar surface area (TPSA) is 105 Å². The average molecular weight is 282 g/mol. The number of non-ortho nitro benzene ring substituents is 1. The van der Waals surface area contributed by atoms with Gasteiger partial charge < -0.3 is 10.5 Å². The molecule has 0 saturated heterocycles. The molecule has 0 aromatic heterocycles. The first-order chi connectivity index (χ1) is 9.62. The summed E-state index contributed by atoms with van der Waals surface area (Å²) in [6.07, 6.45) is 2.07. The molecule has 7 nitrogen and oxygen atoms in total. The van der Waals surface area contributed by atoms with E-state index in [0.29, 0.717) is 18.8 Å². The molecule has 0 amide bonds. The third-order valence-electron chi connectivity index (χ3n) is 3.09. The van der Waals surface area contributed by atoms with E-state index in [0.717, 1.165) is 24.9 Å². The van der Waals surface area contributed by atoms with Crippen molar-refractivity contribution in [3.8, 4) is 0 Å². The monoisotopic (exact) mass is 282 g/mol. The minimum atomic E-state index is -0.424. The largest absolute Gasteiger partial charge is 0.395 e. The van der Waals surface area contributed by atoms with Crippen molar-refractivity contribution in [2.75, 3.05) is 25.1 Å². The van der Waals surface area contributed by atoms with Crippen molar-refractivity contribution in [1.82, 2.24) is 4.90 Å². The Bertz CT molecular complexity index is 440. The van der Waals surface area contributed by atoms with E-state index < -0.39 is 4.92 Å². The number of nitrogens with two attached hydrogens (primary N) is 1. The maximum Gasteiger partial charge on any atom is 0.269 e. The molecule has 7 heteroatoms. The lowest BCUT2D eigenvalue weighted by molar-refractivity contribution is -0.384. The number of nitrogens with zero attached hydrogens (tertiary/aromatic N) is 2. The average Bonchev–Trinajstić information content (AvgIpc) is 2.44. The maximum absolute atomic E-state index is 10.8. The Morgan fingerprint density at radius 1 is 1.45 bits per heavy atom. The van der Waals surface area contributed by atoms with Crippen LogP contribution in [0.4, 0.5) is 11.4 Å². The fraction of sp³-hybridized carbons (Fsp3) is 0.538. The molecular weight excluding hydrogens is 260 g/mol. The van der Waals surface area contributed by atoms with Crippen LogP contribution in [-0.4, -0.2) is 34.6 Å². The van der Waals surface area contributed by atoms with Crippen LogP contribution in [0.3, 0.4) is 0 Å². The number of benzene rings is 1. The lowest BCUT2D eigenvalue weighted by Crippen LogP contribution is -2.28. The van der Waals surface area contributed by atoms with Crippen molar-refractivity contribution >= 4 is 11.4 Å². The SMILES string of the molecule is CCCCN(CCO)Cc1cc([N+](=O)[O-])ccc1NN. The highest BCUT2D eigenvalue weighted by molar-refractivity contribution is 5.55. The van der Waals surface area contributed by atoms with Gasteiger partial charge in [-0.2, -0.15) is 0 Å². The molecule has 112 valence electrons. The molecule has 0 heterocycles. The van der Waals surface area contributed by atoms with E-state index >= 15 is 0 Å². The number of rotatable bonds is 9. The van der Waals surface area contributed by atoms with Crippen LogP contribution < -0.4 is 11.3 Å². The van der Waals surface area contributed by atoms with Gasteiger partial charge in [-0.1, -0.05) is 13.3 Å². The van der Waals surface area contributed by atoms with Crippen molar-refractivity contribution in [1.29, 1.82) is 0 Å². The molecule has 0 aliphatic heterocycles. The normalized spacial score (nSPS) is 10.8. The first-order valence-electron chi connectivity index (χ1n) is 6.69. The van der Waals surface area contributed by atoms with Crippen LogP contribution in [0.5, 0.6) is 0 Å². The van der Waals surface area contributed by atoms with Crippen molar-refractivity contribution < 1.29 is 10.0 Å². The summed E-state index contributed by atoms with van der Waals surface area (Å²) in [7, 11) is 0. The third-order valence-corrected chi connectivity index (χ3v) is 3.09. The maximum atomic E-state index is 10.8. The van der Waals surface area contributed by atoms with E-state index in [4.69, 9.17) is 10.9 Å². The molecule has 0 bridgehead atoms.